The molecule has 0 amide bonds. The van der Waals surface area contributed by atoms with E-state index in [1.54, 1.807) is 13.2 Å². The highest BCUT2D eigenvalue weighted by molar-refractivity contribution is 5.18. The summed E-state index contributed by atoms with van der Waals surface area (Å²) in [4.78, 5) is 0. The minimum atomic E-state index is -0.176. The molecule has 21 heavy (non-hydrogen) atoms. The van der Waals surface area contributed by atoms with Crippen LogP contribution in [-0.2, 0) is 5.41 Å². The Morgan fingerprint density at radius 1 is 1.19 bits per heavy atom. The molecular weight excluding hydrogens is 272 g/mol. The van der Waals surface area contributed by atoms with E-state index >= 15 is 0 Å². The molecule has 0 spiro atoms. The first kappa shape index (κ1) is 15.4. The number of hydrogen-bond donors (Lipinski definition) is 0. The Bertz CT molecular complexity index is 572. The molecule has 0 aliphatic rings. The maximum absolute atomic E-state index is 5.63. The van der Waals surface area contributed by atoms with Gasteiger partial charge >= 0.3 is 5.95 Å². The highest BCUT2D eigenvalue weighted by Crippen LogP contribution is 2.29. The monoisotopic (exact) mass is 294 g/mol. The van der Waals surface area contributed by atoms with E-state index in [9.17, 15) is 0 Å². The van der Waals surface area contributed by atoms with Crippen LogP contribution in [0.3, 0.4) is 0 Å². The SMILES string of the molecule is COc1cc(C(C)(C)CCOc2cc(C(C)C)on2)no1. The van der Waals surface area contributed by atoms with Gasteiger partial charge in [0.2, 0.25) is 0 Å². The minimum Gasteiger partial charge on any atom is -0.475 e. The summed E-state index contributed by atoms with van der Waals surface area (Å²) in [5, 5.41) is 7.92. The van der Waals surface area contributed by atoms with Crippen LogP contribution in [-0.4, -0.2) is 24.0 Å². The molecule has 2 aromatic rings. The van der Waals surface area contributed by atoms with E-state index in [1.165, 1.54) is 0 Å². The van der Waals surface area contributed by atoms with E-state index < -0.39 is 0 Å². The first-order chi connectivity index (χ1) is 9.92. The Balaban J connectivity index is 1.89. The molecular formula is C15H22N2O4. The number of rotatable bonds is 7. The van der Waals surface area contributed by atoms with Gasteiger partial charge in [-0.3, -0.25) is 0 Å². The van der Waals surface area contributed by atoms with E-state index in [1.807, 2.05) is 19.9 Å². The lowest BCUT2D eigenvalue weighted by molar-refractivity contribution is 0.236. The van der Waals surface area contributed by atoms with Gasteiger partial charge < -0.3 is 18.5 Å². The molecule has 2 aromatic heterocycles. The molecule has 116 valence electrons. The van der Waals surface area contributed by atoms with E-state index in [4.69, 9.17) is 18.5 Å². The maximum atomic E-state index is 5.63. The van der Waals surface area contributed by atoms with Crippen molar-refractivity contribution < 1.29 is 18.5 Å². The molecule has 0 fully saturated rings. The van der Waals surface area contributed by atoms with Crippen molar-refractivity contribution in [2.24, 2.45) is 0 Å². The molecule has 0 saturated carbocycles. The van der Waals surface area contributed by atoms with Crippen LogP contribution >= 0.6 is 0 Å². The van der Waals surface area contributed by atoms with Crippen LogP contribution in [0.2, 0.25) is 0 Å². The van der Waals surface area contributed by atoms with Crippen molar-refractivity contribution in [1.82, 2.24) is 10.3 Å². The fraction of sp³-hybridized carbons (Fsp3) is 0.600. The average Bonchev–Trinajstić information content (AvgIpc) is 3.07. The van der Waals surface area contributed by atoms with E-state index in [0.717, 1.165) is 17.9 Å². The van der Waals surface area contributed by atoms with Crippen LogP contribution in [0.25, 0.3) is 0 Å². The van der Waals surface area contributed by atoms with Crippen molar-refractivity contribution >= 4 is 0 Å². The van der Waals surface area contributed by atoms with Gasteiger partial charge in [-0.15, -0.1) is 0 Å². The Kier molecular flexibility index (Phi) is 4.55. The lowest BCUT2D eigenvalue weighted by Crippen LogP contribution is -2.21. The predicted molar refractivity (Wildman–Crippen MR) is 76.8 cm³/mol. The summed E-state index contributed by atoms with van der Waals surface area (Å²) in [5.74, 6) is 2.06. The summed E-state index contributed by atoms with van der Waals surface area (Å²) in [6.45, 7) is 8.77. The standard InChI is InChI=1S/C15H22N2O4/c1-10(2)11-8-13(17-20-11)19-7-6-15(3,4)12-9-14(18-5)21-16-12/h8-10H,6-7H2,1-5H3. The van der Waals surface area contributed by atoms with Gasteiger partial charge in [0.1, 0.15) is 5.76 Å². The van der Waals surface area contributed by atoms with Crippen molar-refractivity contribution in [3.05, 3.63) is 23.6 Å². The van der Waals surface area contributed by atoms with Crippen molar-refractivity contribution in [3.8, 4) is 11.8 Å². The van der Waals surface area contributed by atoms with E-state index in [2.05, 4.69) is 24.2 Å². The zero-order valence-corrected chi connectivity index (χ0v) is 13.2. The second-order valence-corrected chi connectivity index (χ2v) is 5.94. The van der Waals surface area contributed by atoms with Crippen molar-refractivity contribution in [2.45, 2.75) is 45.4 Å². The number of hydrogen-bond acceptors (Lipinski definition) is 6. The normalized spacial score (nSPS) is 11.9. The third-order valence-corrected chi connectivity index (χ3v) is 3.44. The molecule has 0 N–H and O–H groups in total. The third kappa shape index (κ3) is 3.77. The molecule has 0 bridgehead atoms. The molecule has 2 rings (SSSR count). The van der Waals surface area contributed by atoms with Gasteiger partial charge in [-0.05, 0) is 11.6 Å². The van der Waals surface area contributed by atoms with Crippen LogP contribution in [0.5, 0.6) is 11.8 Å². The maximum Gasteiger partial charge on any atom is 0.311 e. The minimum absolute atomic E-state index is 0.176. The molecule has 0 aliphatic heterocycles. The zero-order chi connectivity index (χ0) is 15.5. The Labute approximate surface area is 124 Å². The molecule has 2 heterocycles. The van der Waals surface area contributed by atoms with E-state index in [-0.39, 0.29) is 5.41 Å². The summed E-state index contributed by atoms with van der Waals surface area (Å²) in [6.07, 6.45) is 0.770. The topological polar surface area (TPSA) is 70.5 Å². The van der Waals surface area contributed by atoms with Crippen LogP contribution in [0.1, 0.15) is 51.5 Å². The fourth-order valence-corrected chi connectivity index (χ4v) is 1.82. The Morgan fingerprint density at radius 3 is 2.52 bits per heavy atom. The molecule has 0 radical (unpaired) electrons. The van der Waals surface area contributed by atoms with Crippen molar-refractivity contribution in [1.29, 1.82) is 0 Å². The second-order valence-electron chi connectivity index (χ2n) is 5.94. The quantitative estimate of drug-likeness (QED) is 0.777. The summed E-state index contributed by atoms with van der Waals surface area (Å²) in [7, 11) is 1.55. The number of ether oxygens (including phenoxy) is 2. The second kappa shape index (κ2) is 6.20. The number of nitrogens with zero attached hydrogens (tertiary/aromatic N) is 2. The molecule has 0 aliphatic carbocycles. The summed E-state index contributed by atoms with van der Waals surface area (Å²) in [5.41, 5.74) is 0.663. The van der Waals surface area contributed by atoms with Crippen molar-refractivity contribution in [2.75, 3.05) is 13.7 Å². The van der Waals surface area contributed by atoms with Gasteiger partial charge in [0, 0.05) is 23.5 Å². The molecule has 0 unspecified atom stereocenters. The summed E-state index contributed by atoms with van der Waals surface area (Å²) in [6, 6.07) is 3.63. The van der Waals surface area contributed by atoms with Gasteiger partial charge in [-0.1, -0.05) is 32.9 Å². The zero-order valence-electron chi connectivity index (χ0n) is 13.2. The smallest absolute Gasteiger partial charge is 0.311 e. The largest absolute Gasteiger partial charge is 0.475 e. The van der Waals surface area contributed by atoms with Gasteiger partial charge in [0.25, 0.3) is 5.88 Å². The summed E-state index contributed by atoms with van der Waals surface area (Å²) >= 11 is 0. The van der Waals surface area contributed by atoms with Gasteiger partial charge in [-0.2, -0.15) is 0 Å². The molecule has 6 nitrogen and oxygen atoms in total. The average molecular weight is 294 g/mol. The van der Waals surface area contributed by atoms with Crippen LogP contribution in [0, 0.1) is 0 Å². The Hall–Kier alpha value is -1.98. The number of aromatic nitrogens is 2. The lowest BCUT2D eigenvalue weighted by Gasteiger charge is -2.20. The molecule has 6 heteroatoms. The Morgan fingerprint density at radius 2 is 1.95 bits per heavy atom. The predicted octanol–water partition coefficient (Wildman–Crippen LogP) is 3.54. The third-order valence-electron chi connectivity index (χ3n) is 3.44. The van der Waals surface area contributed by atoms with Crippen LogP contribution in [0.4, 0.5) is 0 Å². The van der Waals surface area contributed by atoms with Gasteiger partial charge in [-0.25, -0.2) is 0 Å². The highest BCUT2D eigenvalue weighted by atomic mass is 16.6. The van der Waals surface area contributed by atoms with Crippen molar-refractivity contribution in [3.63, 3.8) is 0 Å². The van der Waals surface area contributed by atoms with Crippen LogP contribution in [0.15, 0.2) is 21.2 Å². The lowest BCUT2D eigenvalue weighted by atomic mass is 9.86. The highest BCUT2D eigenvalue weighted by Gasteiger charge is 2.25. The van der Waals surface area contributed by atoms with Crippen LogP contribution < -0.4 is 9.47 Å². The first-order valence-corrected chi connectivity index (χ1v) is 7.03. The summed E-state index contributed by atoms with van der Waals surface area (Å²) < 4.78 is 20.9. The molecule has 0 saturated heterocycles. The number of methoxy groups -OCH3 is 1. The molecule has 0 atom stereocenters. The fourth-order valence-electron chi connectivity index (χ4n) is 1.82. The van der Waals surface area contributed by atoms with Gasteiger partial charge in [0.05, 0.1) is 19.4 Å². The van der Waals surface area contributed by atoms with E-state index in [0.29, 0.717) is 24.4 Å². The molecule has 0 aromatic carbocycles. The van der Waals surface area contributed by atoms with Gasteiger partial charge in [0.15, 0.2) is 0 Å². The first-order valence-electron chi connectivity index (χ1n) is 7.03.